The fourth-order valence-electron chi connectivity index (χ4n) is 3.99. The van der Waals surface area contributed by atoms with Crippen LogP contribution in [0.15, 0.2) is 108 Å². The number of halogens is 2. The summed E-state index contributed by atoms with van der Waals surface area (Å²) in [5.74, 6) is -0.557. The molecule has 4 rings (SSSR count). The van der Waals surface area contributed by atoms with Gasteiger partial charge in [-0.15, -0.1) is 11.8 Å². The van der Waals surface area contributed by atoms with Crippen molar-refractivity contribution in [3.05, 3.63) is 124 Å². The van der Waals surface area contributed by atoms with Gasteiger partial charge in [0.1, 0.15) is 11.4 Å². The quantitative estimate of drug-likeness (QED) is 0.115. The minimum absolute atomic E-state index is 0.0457. The first-order chi connectivity index (χ1) is 20.8. The van der Waals surface area contributed by atoms with E-state index >= 15 is 0 Å². The van der Waals surface area contributed by atoms with Crippen LogP contribution >= 0.6 is 35.0 Å². The molecular formula is C33H29Cl2N3O4S. The molecule has 1 unspecified atom stereocenters. The Labute approximate surface area is 264 Å². The number of anilines is 2. The van der Waals surface area contributed by atoms with Gasteiger partial charge in [0.15, 0.2) is 0 Å². The third-order valence-corrected chi connectivity index (χ3v) is 8.35. The Bertz CT molecular complexity index is 1650. The summed E-state index contributed by atoms with van der Waals surface area (Å²) < 4.78 is 5.30. The molecule has 220 valence electrons. The molecule has 0 fully saturated rings. The van der Waals surface area contributed by atoms with Gasteiger partial charge in [0.2, 0.25) is 5.91 Å². The lowest BCUT2D eigenvalue weighted by atomic mass is 10.1. The van der Waals surface area contributed by atoms with Crippen molar-refractivity contribution < 1.29 is 19.1 Å². The number of thioether (sulfide) groups is 1. The third-order valence-electron chi connectivity index (χ3n) is 6.18. The second-order valence-corrected chi connectivity index (χ2v) is 11.3. The Morgan fingerprint density at radius 2 is 1.63 bits per heavy atom. The maximum Gasteiger partial charge on any atom is 0.272 e. The summed E-state index contributed by atoms with van der Waals surface area (Å²) in [5.41, 5.74) is 2.05. The van der Waals surface area contributed by atoms with Crippen molar-refractivity contribution in [3.8, 4) is 5.75 Å². The lowest BCUT2D eigenvalue weighted by Crippen LogP contribution is -2.30. The standard InChI is InChI=1S/C33H29Cl2N3O4S/c1-3-29(33(41)37-27-17-9-16-26(34)30(27)35)43-25-15-8-13-23(20-25)36-32(40)28(19-21-10-7-14-24(18-21)42-2)38-31(39)22-11-5-4-6-12-22/h4-20,29H,3H2,1-2H3,(H,36,40)(H,37,41)(H,38,39)/b28-19-. The highest BCUT2D eigenvalue weighted by atomic mass is 35.5. The molecule has 0 aliphatic heterocycles. The zero-order chi connectivity index (χ0) is 30.8. The second-order valence-electron chi connectivity index (χ2n) is 9.24. The fraction of sp³-hybridized carbons (Fsp3) is 0.121. The van der Waals surface area contributed by atoms with E-state index in [0.29, 0.717) is 39.7 Å². The molecule has 0 radical (unpaired) electrons. The molecule has 0 bridgehead atoms. The summed E-state index contributed by atoms with van der Waals surface area (Å²) in [6.07, 6.45) is 2.12. The molecule has 4 aromatic carbocycles. The van der Waals surface area contributed by atoms with E-state index in [1.54, 1.807) is 104 Å². The molecular weight excluding hydrogens is 605 g/mol. The van der Waals surface area contributed by atoms with Crippen molar-refractivity contribution in [2.24, 2.45) is 0 Å². The van der Waals surface area contributed by atoms with E-state index in [1.807, 2.05) is 13.0 Å². The van der Waals surface area contributed by atoms with Crippen molar-refractivity contribution in [3.63, 3.8) is 0 Å². The van der Waals surface area contributed by atoms with E-state index in [1.165, 1.54) is 11.8 Å². The van der Waals surface area contributed by atoms with Crippen LogP contribution in [0.5, 0.6) is 5.75 Å². The van der Waals surface area contributed by atoms with Crippen LogP contribution in [0.1, 0.15) is 29.3 Å². The summed E-state index contributed by atoms with van der Waals surface area (Å²) in [4.78, 5) is 40.2. The second kappa shape index (κ2) is 15.3. The highest BCUT2D eigenvalue weighted by molar-refractivity contribution is 8.00. The number of methoxy groups -OCH3 is 1. The summed E-state index contributed by atoms with van der Waals surface area (Å²) in [7, 11) is 1.55. The molecule has 0 saturated carbocycles. The largest absolute Gasteiger partial charge is 0.497 e. The molecule has 0 aliphatic carbocycles. The van der Waals surface area contributed by atoms with Gasteiger partial charge in [0.25, 0.3) is 11.8 Å². The molecule has 0 aromatic heterocycles. The van der Waals surface area contributed by atoms with Gasteiger partial charge in [-0.1, -0.05) is 72.6 Å². The Kier molecular flexibility index (Phi) is 11.3. The lowest BCUT2D eigenvalue weighted by Gasteiger charge is -2.16. The smallest absolute Gasteiger partial charge is 0.272 e. The van der Waals surface area contributed by atoms with Crippen molar-refractivity contribution in [2.45, 2.75) is 23.5 Å². The Hall–Kier alpha value is -4.24. The third kappa shape index (κ3) is 8.88. The van der Waals surface area contributed by atoms with Crippen LogP contribution in [0, 0.1) is 0 Å². The monoisotopic (exact) mass is 633 g/mol. The molecule has 43 heavy (non-hydrogen) atoms. The number of hydrogen-bond donors (Lipinski definition) is 3. The van der Waals surface area contributed by atoms with Crippen LogP contribution in [0.4, 0.5) is 11.4 Å². The number of ether oxygens (including phenoxy) is 1. The summed E-state index contributed by atoms with van der Waals surface area (Å²) >= 11 is 13.7. The van der Waals surface area contributed by atoms with E-state index < -0.39 is 17.1 Å². The van der Waals surface area contributed by atoms with E-state index in [-0.39, 0.29) is 16.6 Å². The predicted molar refractivity (Wildman–Crippen MR) is 175 cm³/mol. The SMILES string of the molecule is CCC(Sc1cccc(NC(=O)/C(=C/c2cccc(OC)c2)NC(=O)c2ccccc2)c1)C(=O)Nc1cccc(Cl)c1Cl. The fourth-order valence-corrected chi connectivity index (χ4v) is 5.35. The minimum atomic E-state index is -0.519. The van der Waals surface area contributed by atoms with Crippen molar-refractivity contribution in [1.82, 2.24) is 5.32 Å². The van der Waals surface area contributed by atoms with E-state index in [2.05, 4.69) is 16.0 Å². The molecule has 3 N–H and O–H groups in total. The molecule has 0 saturated heterocycles. The molecule has 0 aliphatic rings. The van der Waals surface area contributed by atoms with E-state index in [4.69, 9.17) is 27.9 Å². The van der Waals surface area contributed by atoms with Gasteiger partial charge >= 0.3 is 0 Å². The Morgan fingerprint density at radius 3 is 2.37 bits per heavy atom. The maximum atomic E-state index is 13.5. The van der Waals surface area contributed by atoms with Crippen LogP contribution in [-0.4, -0.2) is 30.1 Å². The summed E-state index contributed by atoms with van der Waals surface area (Å²) in [5, 5.41) is 8.63. The van der Waals surface area contributed by atoms with Gasteiger partial charge in [0.05, 0.1) is 28.1 Å². The maximum absolute atomic E-state index is 13.5. The van der Waals surface area contributed by atoms with Crippen LogP contribution in [0.25, 0.3) is 6.08 Å². The normalized spacial score (nSPS) is 11.8. The lowest BCUT2D eigenvalue weighted by molar-refractivity contribution is -0.116. The number of carbonyl (C=O) groups is 3. The molecule has 1 atom stereocenters. The van der Waals surface area contributed by atoms with Crippen LogP contribution in [0.3, 0.4) is 0 Å². The highest BCUT2D eigenvalue weighted by Crippen LogP contribution is 2.32. The van der Waals surface area contributed by atoms with Gasteiger partial charge in [-0.2, -0.15) is 0 Å². The predicted octanol–water partition coefficient (Wildman–Crippen LogP) is 7.92. The first kappa shape index (κ1) is 31.7. The van der Waals surface area contributed by atoms with E-state index in [9.17, 15) is 14.4 Å². The van der Waals surface area contributed by atoms with Gasteiger partial charge in [0, 0.05) is 16.1 Å². The van der Waals surface area contributed by atoms with Crippen LogP contribution in [-0.2, 0) is 9.59 Å². The molecule has 7 nitrogen and oxygen atoms in total. The zero-order valence-electron chi connectivity index (χ0n) is 23.4. The topological polar surface area (TPSA) is 96.5 Å². The first-order valence-corrected chi connectivity index (χ1v) is 15.0. The average molecular weight is 635 g/mol. The number of nitrogens with one attached hydrogen (secondary N) is 3. The number of benzene rings is 4. The first-order valence-electron chi connectivity index (χ1n) is 13.3. The number of hydrogen-bond acceptors (Lipinski definition) is 5. The van der Waals surface area contributed by atoms with Crippen LogP contribution < -0.4 is 20.7 Å². The number of amides is 3. The minimum Gasteiger partial charge on any atom is -0.497 e. The van der Waals surface area contributed by atoms with Crippen LogP contribution in [0.2, 0.25) is 10.0 Å². The van der Waals surface area contributed by atoms with Crippen molar-refractivity contribution in [1.29, 1.82) is 0 Å². The van der Waals surface area contributed by atoms with Crippen molar-refractivity contribution >= 4 is 70.1 Å². The number of carbonyl (C=O) groups excluding carboxylic acids is 3. The highest BCUT2D eigenvalue weighted by Gasteiger charge is 2.20. The zero-order valence-corrected chi connectivity index (χ0v) is 25.7. The Morgan fingerprint density at radius 1 is 0.884 bits per heavy atom. The summed E-state index contributed by atoms with van der Waals surface area (Å²) in [6, 6.07) is 28.0. The summed E-state index contributed by atoms with van der Waals surface area (Å²) in [6.45, 7) is 1.91. The van der Waals surface area contributed by atoms with Gasteiger partial charge in [-0.25, -0.2) is 0 Å². The molecule has 0 spiro atoms. The molecule has 0 heterocycles. The average Bonchev–Trinajstić information content (AvgIpc) is 3.02. The van der Waals surface area contributed by atoms with Gasteiger partial charge in [-0.3, -0.25) is 14.4 Å². The Balaban J connectivity index is 1.52. The molecule has 4 aromatic rings. The van der Waals surface area contributed by atoms with Crippen molar-refractivity contribution in [2.75, 3.05) is 17.7 Å². The van der Waals surface area contributed by atoms with Gasteiger partial charge in [-0.05, 0) is 72.7 Å². The number of rotatable bonds is 11. The van der Waals surface area contributed by atoms with E-state index in [0.717, 1.165) is 4.90 Å². The van der Waals surface area contributed by atoms with Gasteiger partial charge < -0.3 is 20.7 Å². The molecule has 10 heteroatoms. The molecule has 3 amide bonds.